The van der Waals surface area contributed by atoms with Crippen molar-refractivity contribution >= 4 is 16.1 Å². The Kier molecular flexibility index (Phi) is 5.36. The second kappa shape index (κ2) is 7.14. The van der Waals surface area contributed by atoms with Crippen LogP contribution in [0.15, 0.2) is 59.5 Å². The van der Waals surface area contributed by atoms with Gasteiger partial charge in [0.25, 0.3) is 10.0 Å². The maximum atomic E-state index is 13.1. The van der Waals surface area contributed by atoms with Gasteiger partial charge in [-0.2, -0.15) is 13.2 Å². The zero-order chi connectivity index (χ0) is 18.7. The lowest BCUT2D eigenvalue weighted by atomic mass is 10.1. The predicted octanol–water partition coefficient (Wildman–Crippen LogP) is 3.71. The van der Waals surface area contributed by atoms with E-state index in [2.05, 4.69) is 4.74 Å². The number of rotatable bonds is 4. The number of hydrogen-bond acceptors (Lipinski definition) is 4. The molecule has 0 bridgehead atoms. The van der Waals surface area contributed by atoms with Gasteiger partial charge in [0.15, 0.2) is 0 Å². The van der Waals surface area contributed by atoms with Crippen molar-refractivity contribution in [1.29, 1.82) is 0 Å². The van der Waals surface area contributed by atoms with Crippen LogP contribution in [-0.4, -0.2) is 20.7 Å². The smallest absolute Gasteiger partial charge is 0.429 e. The van der Waals surface area contributed by atoms with E-state index >= 15 is 0 Å². The Labute approximate surface area is 142 Å². The third-order valence-electron chi connectivity index (χ3n) is 3.17. The maximum Gasteiger partial charge on any atom is 0.429 e. The van der Waals surface area contributed by atoms with Crippen molar-refractivity contribution in [2.45, 2.75) is 24.1 Å². The first-order valence-corrected chi connectivity index (χ1v) is 8.50. The standard InChI is InChI=1S/C16H14F3NO4S/c1-11-7-9-13(10-8-11)25(22,23)20-15(21)24-14(16(17,18)19)12-5-3-2-4-6-12/h2-10,14H,1H3,(H,20,21)/t14-/m0/s1. The molecule has 0 saturated carbocycles. The summed E-state index contributed by atoms with van der Waals surface area (Å²) in [6.07, 6.45) is -9.19. The highest BCUT2D eigenvalue weighted by Gasteiger charge is 2.44. The van der Waals surface area contributed by atoms with Crippen LogP contribution in [0, 0.1) is 6.92 Å². The molecule has 2 aromatic rings. The summed E-state index contributed by atoms with van der Waals surface area (Å²) in [7, 11) is -4.34. The molecule has 134 valence electrons. The highest BCUT2D eigenvalue weighted by Crippen LogP contribution is 2.35. The van der Waals surface area contributed by atoms with Crippen LogP contribution in [0.3, 0.4) is 0 Å². The number of carbonyl (C=O) groups is 1. The molecule has 0 aromatic heterocycles. The molecule has 5 nitrogen and oxygen atoms in total. The van der Waals surface area contributed by atoms with Gasteiger partial charge >= 0.3 is 12.3 Å². The molecule has 0 unspecified atom stereocenters. The van der Waals surface area contributed by atoms with Crippen molar-refractivity contribution in [3.8, 4) is 0 Å². The van der Waals surface area contributed by atoms with E-state index < -0.39 is 28.4 Å². The van der Waals surface area contributed by atoms with Crippen molar-refractivity contribution in [2.75, 3.05) is 0 Å². The fourth-order valence-corrected chi connectivity index (χ4v) is 2.85. The number of nitrogens with one attached hydrogen (secondary N) is 1. The normalized spacial score (nSPS) is 13.1. The average molecular weight is 373 g/mol. The van der Waals surface area contributed by atoms with Gasteiger partial charge in [-0.25, -0.2) is 17.9 Å². The highest BCUT2D eigenvalue weighted by atomic mass is 32.2. The fourth-order valence-electron chi connectivity index (χ4n) is 1.97. The Morgan fingerprint density at radius 2 is 1.60 bits per heavy atom. The van der Waals surface area contributed by atoms with Crippen molar-refractivity contribution in [3.05, 3.63) is 65.7 Å². The number of aryl methyl sites for hydroxylation is 1. The van der Waals surface area contributed by atoms with Crippen LogP contribution < -0.4 is 4.72 Å². The fraction of sp³-hybridized carbons (Fsp3) is 0.188. The molecule has 0 aliphatic heterocycles. The quantitative estimate of drug-likeness (QED) is 0.887. The molecule has 1 amide bonds. The lowest BCUT2D eigenvalue weighted by molar-refractivity contribution is -0.206. The van der Waals surface area contributed by atoms with Gasteiger partial charge in [-0.15, -0.1) is 0 Å². The lowest BCUT2D eigenvalue weighted by Crippen LogP contribution is -2.35. The number of ether oxygens (including phenoxy) is 1. The van der Waals surface area contributed by atoms with Gasteiger partial charge in [0.1, 0.15) is 0 Å². The van der Waals surface area contributed by atoms with Gasteiger partial charge in [-0.1, -0.05) is 48.0 Å². The van der Waals surface area contributed by atoms with Crippen molar-refractivity contribution < 1.29 is 31.1 Å². The van der Waals surface area contributed by atoms with E-state index in [0.717, 1.165) is 17.7 Å². The monoisotopic (exact) mass is 373 g/mol. The van der Waals surface area contributed by atoms with Crippen LogP contribution in [0.2, 0.25) is 0 Å². The van der Waals surface area contributed by atoms with Gasteiger partial charge in [0.2, 0.25) is 6.10 Å². The first kappa shape index (κ1) is 18.8. The maximum absolute atomic E-state index is 13.1. The number of amides is 1. The summed E-state index contributed by atoms with van der Waals surface area (Å²) in [5.41, 5.74) is 0.459. The summed E-state index contributed by atoms with van der Waals surface area (Å²) in [5, 5.41) is 0. The van der Waals surface area contributed by atoms with Crippen LogP contribution >= 0.6 is 0 Å². The van der Waals surface area contributed by atoms with E-state index in [-0.39, 0.29) is 10.5 Å². The Morgan fingerprint density at radius 3 is 2.12 bits per heavy atom. The number of halogens is 3. The molecule has 0 fully saturated rings. The van der Waals surface area contributed by atoms with E-state index in [1.54, 1.807) is 6.92 Å². The van der Waals surface area contributed by atoms with E-state index in [4.69, 9.17) is 0 Å². The molecule has 0 saturated heterocycles. The van der Waals surface area contributed by atoms with Crippen LogP contribution in [0.5, 0.6) is 0 Å². The molecular weight excluding hydrogens is 359 g/mol. The second-order valence-electron chi connectivity index (χ2n) is 5.16. The lowest BCUT2D eigenvalue weighted by Gasteiger charge is -2.21. The highest BCUT2D eigenvalue weighted by molar-refractivity contribution is 7.90. The number of hydrogen-bond donors (Lipinski definition) is 1. The first-order valence-electron chi connectivity index (χ1n) is 7.01. The largest absolute Gasteiger partial charge is 0.431 e. The van der Waals surface area contributed by atoms with Crippen molar-refractivity contribution in [1.82, 2.24) is 4.72 Å². The van der Waals surface area contributed by atoms with E-state index in [9.17, 15) is 26.4 Å². The minimum Gasteiger partial charge on any atom is -0.431 e. The average Bonchev–Trinajstić information content (AvgIpc) is 2.52. The molecule has 0 aliphatic rings. The van der Waals surface area contributed by atoms with Gasteiger partial charge < -0.3 is 4.74 Å². The minimum atomic E-state index is -4.90. The Hall–Kier alpha value is -2.55. The Bertz CT molecular complexity index is 834. The second-order valence-corrected chi connectivity index (χ2v) is 6.84. The summed E-state index contributed by atoms with van der Waals surface area (Å²) < 4.78 is 69.2. The molecule has 0 heterocycles. The number of sulfonamides is 1. The SMILES string of the molecule is Cc1ccc(S(=O)(=O)NC(=O)O[C@@H](c2ccccc2)C(F)(F)F)cc1. The molecule has 0 aliphatic carbocycles. The molecule has 0 radical (unpaired) electrons. The van der Waals surface area contributed by atoms with Crippen molar-refractivity contribution in [3.63, 3.8) is 0 Å². The predicted molar refractivity (Wildman–Crippen MR) is 83.2 cm³/mol. The summed E-state index contributed by atoms with van der Waals surface area (Å²) in [6.45, 7) is 1.73. The topological polar surface area (TPSA) is 72.5 Å². The number of benzene rings is 2. The Morgan fingerprint density at radius 1 is 1.04 bits per heavy atom. The van der Waals surface area contributed by atoms with Gasteiger partial charge in [-0.3, -0.25) is 0 Å². The summed E-state index contributed by atoms with van der Waals surface area (Å²) in [6, 6.07) is 11.9. The summed E-state index contributed by atoms with van der Waals surface area (Å²) in [5.74, 6) is 0. The van der Waals surface area contributed by atoms with E-state index in [0.29, 0.717) is 0 Å². The third-order valence-corrected chi connectivity index (χ3v) is 4.50. The molecule has 9 heteroatoms. The van der Waals surface area contributed by atoms with Crippen LogP contribution in [0.4, 0.5) is 18.0 Å². The number of carbonyl (C=O) groups excluding carboxylic acids is 1. The van der Waals surface area contributed by atoms with Crippen LogP contribution in [0.25, 0.3) is 0 Å². The minimum absolute atomic E-state index is 0.265. The van der Waals surface area contributed by atoms with Crippen LogP contribution in [-0.2, 0) is 14.8 Å². The number of alkyl halides is 3. The first-order chi connectivity index (χ1) is 11.6. The zero-order valence-electron chi connectivity index (χ0n) is 12.9. The molecule has 1 N–H and O–H groups in total. The molecule has 2 aromatic carbocycles. The summed E-state index contributed by atoms with van der Waals surface area (Å²) in [4.78, 5) is 11.5. The molecular formula is C16H14F3NO4S. The van der Waals surface area contributed by atoms with E-state index in [1.807, 2.05) is 0 Å². The van der Waals surface area contributed by atoms with Gasteiger partial charge in [-0.05, 0) is 19.1 Å². The molecule has 1 atom stereocenters. The van der Waals surface area contributed by atoms with E-state index in [1.165, 1.54) is 47.2 Å². The van der Waals surface area contributed by atoms with Crippen LogP contribution in [0.1, 0.15) is 17.2 Å². The zero-order valence-corrected chi connectivity index (χ0v) is 13.8. The molecule has 0 spiro atoms. The third kappa shape index (κ3) is 4.96. The van der Waals surface area contributed by atoms with Gasteiger partial charge in [0.05, 0.1) is 4.90 Å². The van der Waals surface area contributed by atoms with Crippen molar-refractivity contribution in [2.24, 2.45) is 0 Å². The Balaban J connectivity index is 2.18. The summed E-state index contributed by atoms with van der Waals surface area (Å²) >= 11 is 0. The molecule has 25 heavy (non-hydrogen) atoms. The van der Waals surface area contributed by atoms with Gasteiger partial charge in [0, 0.05) is 5.56 Å². The molecule has 2 rings (SSSR count).